The van der Waals surface area contributed by atoms with Gasteiger partial charge in [-0.3, -0.25) is 9.59 Å². The number of rotatable bonds is 6. The molecule has 0 aliphatic heterocycles. The highest BCUT2D eigenvalue weighted by atomic mass is 32.1. The number of benzene rings is 2. The minimum Gasteiger partial charge on any atom is -0.483 e. The Kier molecular flexibility index (Phi) is 5.46. The van der Waals surface area contributed by atoms with E-state index in [4.69, 9.17) is 4.74 Å². The van der Waals surface area contributed by atoms with Gasteiger partial charge in [-0.15, -0.1) is 22.7 Å². The maximum atomic E-state index is 12.4. The Morgan fingerprint density at radius 2 is 2.07 bits per heavy atom. The van der Waals surface area contributed by atoms with Crippen LogP contribution in [0.1, 0.15) is 22.3 Å². The molecule has 4 aromatic rings. The number of nitrogens with one attached hydrogen (secondary N) is 2. The average molecular weight is 426 g/mol. The number of anilines is 1. The van der Waals surface area contributed by atoms with Crippen LogP contribution >= 0.6 is 22.7 Å². The Balaban J connectivity index is 1.48. The number of aryl methyl sites for hydroxylation is 1. The average Bonchev–Trinajstić information content (AvgIpc) is 3.32. The van der Waals surface area contributed by atoms with Gasteiger partial charge in [-0.05, 0) is 43.5 Å². The molecule has 0 aliphatic carbocycles. The molecule has 2 amide bonds. The summed E-state index contributed by atoms with van der Waals surface area (Å²) in [6.07, 6.45) is 0. The Bertz CT molecular complexity index is 1210. The quantitative estimate of drug-likeness (QED) is 0.474. The van der Waals surface area contributed by atoms with Gasteiger partial charge < -0.3 is 15.4 Å². The molecule has 2 N–H and O–H groups in total. The Hall–Kier alpha value is -2.97. The molecule has 0 unspecified atom stereocenters. The van der Waals surface area contributed by atoms with Crippen molar-refractivity contribution in [2.24, 2.45) is 0 Å². The van der Waals surface area contributed by atoms with Crippen molar-refractivity contribution in [2.75, 3.05) is 18.5 Å². The van der Waals surface area contributed by atoms with Gasteiger partial charge in [0, 0.05) is 29.2 Å². The summed E-state index contributed by atoms with van der Waals surface area (Å²) in [7, 11) is 0. The fraction of sp³-hybridized carbons (Fsp3) is 0.190. The molecule has 0 fully saturated rings. The lowest BCUT2D eigenvalue weighted by Gasteiger charge is -2.10. The molecule has 29 heavy (non-hydrogen) atoms. The predicted molar refractivity (Wildman–Crippen MR) is 118 cm³/mol. The first kappa shape index (κ1) is 19.4. The summed E-state index contributed by atoms with van der Waals surface area (Å²) in [6.45, 7) is 4.26. The summed E-state index contributed by atoms with van der Waals surface area (Å²) in [4.78, 5) is 28.9. The summed E-state index contributed by atoms with van der Waals surface area (Å²) in [5.74, 6) is 0.207. The van der Waals surface area contributed by atoms with Crippen molar-refractivity contribution in [1.82, 2.24) is 10.3 Å². The second-order valence-electron chi connectivity index (χ2n) is 6.39. The van der Waals surface area contributed by atoms with Gasteiger partial charge in [0.15, 0.2) is 6.61 Å². The van der Waals surface area contributed by atoms with E-state index in [1.807, 2.05) is 31.4 Å². The lowest BCUT2D eigenvalue weighted by Crippen LogP contribution is -2.23. The fourth-order valence-corrected chi connectivity index (χ4v) is 4.88. The van der Waals surface area contributed by atoms with E-state index in [0.717, 1.165) is 25.3 Å². The summed E-state index contributed by atoms with van der Waals surface area (Å²) >= 11 is 3.22. The maximum Gasteiger partial charge on any atom is 0.262 e. The first-order valence-electron chi connectivity index (χ1n) is 9.13. The maximum absolute atomic E-state index is 12.4. The van der Waals surface area contributed by atoms with Crippen LogP contribution in [0, 0.1) is 6.92 Å². The highest BCUT2D eigenvalue weighted by Gasteiger charge is 2.14. The largest absolute Gasteiger partial charge is 0.483 e. The van der Waals surface area contributed by atoms with Gasteiger partial charge in [0.1, 0.15) is 5.75 Å². The molecule has 0 aliphatic rings. The fourth-order valence-electron chi connectivity index (χ4n) is 3.05. The van der Waals surface area contributed by atoms with Gasteiger partial charge >= 0.3 is 0 Å². The number of aromatic nitrogens is 1. The molecule has 6 nitrogen and oxygen atoms in total. The summed E-state index contributed by atoms with van der Waals surface area (Å²) < 4.78 is 7.95. The lowest BCUT2D eigenvalue weighted by molar-refractivity contribution is -0.118. The SMILES string of the molecule is CCNC(=O)c1cccc(NC(=O)COc2cc3sc(C)nc3c3sccc23)c1. The zero-order valence-electron chi connectivity index (χ0n) is 15.9. The van der Waals surface area contributed by atoms with E-state index in [1.54, 1.807) is 46.9 Å². The van der Waals surface area contributed by atoms with Crippen LogP contribution in [0.4, 0.5) is 5.69 Å². The molecule has 8 heteroatoms. The normalized spacial score (nSPS) is 11.0. The smallest absolute Gasteiger partial charge is 0.262 e. The van der Waals surface area contributed by atoms with E-state index >= 15 is 0 Å². The van der Waals surface area contributed by atoms with E-state index in [2.05, 4.69) is 15.6 Å². The van der Waals surface area contributed by atoms with Crippen molar-refractivity contribution in [1.29, 1.82) is 0 Å². The number of hydrogen-bond donors (Lipinski definition) is 2. The van der Waals surface area contributed by atoms with E-state index in [1.165, 1.54) is 0 Å². The minimum absolute atomic E-state index is 0.125. The zero-order chi connectivity index (χ0) is 20.4. The number of nitrogens with zero attached hydrogens (tertiary/aromatic N) is 1. The third kappa shape index (κ3) is 4.08. The molecule has 2 heterocycles. The number of thiazole rings is 1. The van der Waals surface area contributed by atoms with E-state index in [0.29, 0.717) is 23.5 Å². The standard InChI is InChI=1S/C21H19N3O3S2/c1-3-22-21(26)13-5-4-6-14(9-13)24-18(25)11-27-16-10-17-19(23-12(2)29-17)20-15(16)7-8-28-20/h4-10H,3,11H2,1-2H3,(H,22,26)(H,24,25). The number of fused-ring (bicyclic) bond motifs is 3. The number of carbonyl (C=O) groups is 2. The Morgan fingerprint density at radius 3 is 2.90 bits per heavy atom. The van der Waals surface area contributed by atoms with E-state index in [9.17, 15) is 9.59 Å². The molecule has 0 radical (unpaired) electrons. The van der Waals surface area contributed by atoms with Crippen LogP contribution in [0.3, 0.4) is 0 Å². The highest BCUT2D eigenvalue weighted by Crippen LogP contribution is 2.38. The molecule has 0 bridgehead atoms. The van der Waals surface area contributed by atoms with E-state index < -0.39 is 0 Å². The molecule has 2 aromatic heterocycles. The molecule has 0 atom stereocenters. The topological polar surface area (TPSA) is 80.3 Å². The van der Waals surface area contributed by atoms with E-state index in [-0.39, 0.29) is 18.4 Å². The van der Waals surface area contributed by atoms with Crippen LogP contribution in [0.5, 0.6) is 5.75 Å². The number of thiophene rings is 1. The Morgan fingerprint density at radius 1 is 1.21 bits per heavy atom. The van der Waals surface area contributed by atoms with Gasteiger partial charge in [0.2, 0.25) is 0 Å². The number of amides is 2. The molecule has 0 saturated heterocycles. The third-order valence-electron chi connectivity index (χ3n) is 4.27. The van der Waals surface area contributed by atoms with Crippen LogP contribution in [0.15, 0.2) is 41.8 Å². The predicted octanol–water partition coefficient (Wildman–Crippen LogP) is 4.59. The Labute approximate surface area is 175 Å². The third-order valence-corrected chi connectivity index (χ3v) is 6.11. The molecular weight excluding hydrogens is 406 g/mol. The van der Waals surface area contributed by atoms with Crippen molar-refractivity contribution < 1.29 is 14.3 Å². The van der Waals surface area contributed by atoms with Crippen molar-refractivity contribution >= 4 is 60.5 Å². The van der Waals surface area contributed by atoms with Crippen LogP contribution in [0.25, 0.3) is 20.3 Å². The van der Waals surface area contributed by atoms with Crippen LogP contribution in [0.2, 0.25) is 0 Å². The number of hydrogen-bond acceptors (Lipinski definition) is 6. The van der Waals surface area contributed by atoms with Gasteiger partial charge in [-0.2, -0.15) is 0 Å². The highest BCUT2D eigenvalue weighted by molar-refractivity contribution is 7.21. The van der Waals surface area contributed by atoms with Gasteiger partial charge in [0.05, 0.1) is 19.9 Å². The minimum atomic E-state index is -0.290. The molecule has 0 saturated carbocycles. The monoisotopic (exact) mass is 425 g/mol. The molecular formula is C21H19N3O3S2. The zero-order valence-corrected chi connectivity index (χ0v) is 17.6. The molecule has 148 valence electrons. The second-order valence-corrected chi connectivity index (χ2v) is 8.55. The van der Waals surface area contributed by atoms with Gasteiger partial charge in [0.25, 0.3) is 11.8 Å². The molecule has 0 spiro atoms. The molecule has 2 aromatic carbocycles. The second kappa shape index (κ2) is 8.18. The lowest BCUT2D eigenvalue weighted by atomic mass is 10.2. The van der Waals surface area contributed by atoms with Gasteiger partial charge in [-0.25, -0.2) is 4.98 Å². The molecule has 4 rings (SSSR count). The van der Waals surface area contributed by atoms with Crippen molar-refractivity contribution in [3.05, 3.63) is 52.3 Å². The van der Waals surface area contributed by atoms with Crippen LogP contribution in [-0.2, 0) is 4.79 Å². The van der Waals surface area contributed by atoms with Crippen molar-refractivity contribution in [3.63, 3.8) is 0 Å². The summed E-state index contributed by atoms with van der Waals surface area (Å²) in [6, 6.07) is 10.7. The number of carbonyl (C=O) groups excluding carboxylic acids is 2. The van der Waals surface area contributed by atoms with Crippen molar-refractivity contribution in [2.45, 2.75) is 13.8 Å². The van der Waals surface area contributed by atoms with Crippen molar-refractivity contribution in [3.8, 4) is 5.75 Å². The number of ether oxygens (including phenoxy) is 1. The first-order chi connectivity index (χ1) is 14.0. The first-order valence-corrected chi connectivity index (χ1v) is 10.8. The summed E-state index contributed by atoms with van der Waals surface area (Å²) in [5.41, 5.74) is 2.03. The van der Waals surface area contributed by atoms with Crippen LogP contribution < -0.4 is 15.4 Å². The van der Waals surface area contributed by atoms with Gasteiger partial charge in [-0.1, -0.05) is 6.07 Å². The summed E-state index contributed by atoms with van der Waals surface area (Å²) in [5, 5.41) is 9.47. The van der Waals surface area contributed by atoms with Crippen LogP contribution in [-0.4, -0.2) is 29.9 Å².